The van der Waals surface area contributed by atoms with E-state index in [1.54, 1.807) is 5.48 Å². The van der Waals surface area contributed by atoms with E-state index in [0.29, 0.717) is 0 Å². The zero-order valence-corrected chi connectivity index (χ0v) is 8.63. The summed E-state index contributed by atoms with van der Waals surface area (Å²) in [6, 6.07) is 10.5. The summed E-state index contributed by atoms with van der Waals surface area (Å²) in [6.45, 7) is 0.825. The van der Waals surface area contributed by atoms with Gasteiger partial charge in [0.05, 0.1) is 7.05 Å². The molecule has 0 bridgehead atoms. The van der Waals surface area contributed by atoms with Gasteiger partial charge in [0.25, 0.3) is 0 Å². The normalized spacial score (nSPS) is 9.31. The highest BCUT2D eigenvalue weighted by atomic mass is 35.5. The van der Waals surface area contributed by atoms with Crippen LogP contribution in [0.15, 0.2) is 30.3 Å². The third-order valence-corrected chi connectivity index (χ3v) is 1.74. The second-order valence-corrected chi connectivity index (χ2v) is 2.70. The van der Waals surface area contributed by atoms with Crippen LogP contribution in [0.25, 0.3) is 0 Å². The first kappa shape index (κ1) is 12.4. The maximum Gasteiger partial charge on any atom is 0.106 e. The lowest BCUT2D eigenvalue weighted by Crippen LogP contribution is -3.00. The Morgan fingerprint density at radius 3 is 2.54 bits per heavy atom. The molecule has 1 rings (SSSR count). The van der Waals surface area contributed by atoms with Gasteiger partial charge in [-0.25, -0.2) is 10.3 Å². The van der Waals surface area contributed by atoms with Crippen molar-refractivity contribution in [2.24, 2.45) is 0 Å². The molecule has 0 heterocycles. The summed E-state index contributed by atoms with van der Waals surface area (Å²) in [7, 11) is 1.91. The molecule has 0 radical (unpaired) electrons. The molecule has 3 heteroatoms. The smallest absolute Gasteiger partial charge is 0.106 e. The molecule has 2 N–H and O–H groups in total. The van der Waals surface area contributed by atoms with Crippen molar-refractivity contribution >= 4 is 0 Å². The van der Waals surface area contributed by atoms with Crippen molar-refractivity contribution in [1.29, 1.82) is 0 Å². The zero-order chi connectivity index (χ0) is 8.65. The first-order valence-corrected chi connectivity index (χ1v) is 4.37. The number of rotatable bonds is 5. The molecule has 0 fully saturated rings. The number of benzene rings is 1. The standard InChI is InChI=1S/C10H15NO.ClH/c1-11-12-9-5-8-10-6-3-2-4-7-10;/h2-4,6-7,11H,5,8-9H2,1H3;1H. The number of aryl methyl sites for hydroxylation is 1. The van der Waals surface area contributed by atoms with Crippen LogP contribution < -0.4 is 17.9 Å². The number of nitrogens with two attached hydrogens (primary N) is 1. The molecule has 1 aromatic carbocycles. The van der Waals surface area contributed by atoms with Crippen molar-refractivity contribution < 1.29 is 22.7 Å². The Balaban J connectivity index is 0.00000144. The highest BCUT2D eigenvalue weighted by Crippen LogP contribution is 2.01. The van der Waals surface area contributed by atoms with Gasteiger partial charge in [0.15, 0.2) is 0 Å². The van der Waals surface area contributed by atoms with Gasteiger partial charge in [0.2, 0.25) is 0 Å². The van der Waals surface area contributed by atoms with Gasteiger partial charge in [-0.3, -0.25) is 0 Å². The van der Waals surface area contributed by atoms with E-state index >= 15 is 0 Å². The first-order chi connectivity index (χ1) is 5.93. The van der Waals surface area contributed by atoms with Gasteiger partial charge in [-0.2, -0.15) is 0 Å². The van der Waals surface area contributed by atoms with Crippen LogP contribution in [0.4, 0.5) is 0 Å². The Labute approximate surface area is 85.7 Å². The van der Waals surface area contributed by atoms with Gasteiger partial charge in [-0.15, -0.1) is 0 Å². The van der Waals surface area contributed by atoms with Gasteiger partial charge in [0.1, 0.15) is 6.61 Å². The van der Waals surface area contributed by atoms with Crippen LogP contribution in [0, 0.1) is 0 Å². The highest BCUT2D eigenvalue weighted by molar-refractivity contribution is 5.14. The molecule has 0 aliphatic carbocycles. The van der Waals surface area contributed by atoms with Crippen LogP contribution in [-0.2, 0) is 11.3 Å². The zero-order valence-electron chi connectivity index (χ0n) is 7.87. The third kappa shape index (κ3) is 5.64. The largest absolute Gasteiger partial charge is 1.00 e. The number of hydroxylamine groups is 1. The Morgan fingerprint density at radius 2 is 1.92 bits per heavy atom. The van der Waals surface area contributed by atoms with Crippen molar-refractivity contribution in [2.45, 2.75) is 12.8 Å². The Kier molecular flexibility index (Phi) is 7.69. The lowest BCUT2D eigenvalue weighted by molar-refractivity contribution is -0.877. The van der Waals surface area contributed by atoms with Gasteiger partial charge in [-0.1, -0.05) is 30.3 Å². The van der Waals surface area contributed by atoms with E-state index in [9.17, 15) is 0 Å². The molecular formula is C10H16ClNO. The quantitative estimate of drug-likeness (QED) is 0.423. The van der Waals surface area contributed by atoms with Gasteiger partial charge >= 0.3 is 0 Å². The summed E-state index contributed by atoms with van der Waals surface area (Å²) < 4.78 is 0. The Hall–Kier alpha value is -0.570. The predicted octanol–water partition coefficient (Wildman–Crippen LogP) is -2.25. The second kappa shape index (κ2) is 8.05. The summed E-state index contributed by atoms with van der Waals surface area (Å²) in [5, 5.41) is 0. The summed E-state index contributed by atoms with van der Waals surface area (Å²) in [5.41, 5.74) is 3.13. The number of hydrogen-bond donors (Lipinski definition) is 1. The van der Waals surface area contributed by atoms with Crippen molar-refractivity contribution in [3.8, 4) is 0 Å². The molecule has 0 saturated carbocycles. The van der Waals surface area contributed by atoms with Crippen molar-refractivity contribution in [2.75, 3.05) is 13.7 Å². The Bertz CT molecular complexity index is 203. The maximum absolute atomic E-state index is 5.13. The summed E-state index contributed by atoms with van der Waals surface area (Å²) in [4.78, 5) is 5.13. The summed E-state index contributed by atoms with van der Waals surface area (Å²) in [5.74, 6) is 0. The number of quaternary nitrogens is 1. The van der Waals surface area contributed by atoms with Gasteiger partial charge in [-0.05, 0) is 18.4 Å². The fourth-order valence-electron chi connectivity index (χ4n) is 1.12. The van der Waals surface area contributed by atoms with E-state index < -0.39 is 0 Å². The van der Waals surface area contributed by atoms with Crippen LogP contribution >= 0.6 is 0 Å². The molecule has 74 valence electrons. The highest BCUT2D eigenvalue weighted by Gasteiger charge is 1.91. The van der Waals surface area contributed by atoms with Crippen LogP contribution in [-0.4, -0.2) is 13.7 Å². The molecule has 0 aliphatic rings. The summed E-state index contributed by atoms with van der Waals surface area (Å²) >= 11 is 0. The van der Waals surface area contributed by atoms with Crippen LogP contribution in [0.3, 0.4) is 0 Å². The molecular weight excluding hydrogens is 186 g/mol. The van der Waals surface area contributed by atoms with E-state index in [1.807, 2.05) is 13.1 Å². The number of halogens is 1. The molecule has 1 aromatic rings. The van der Waals surface area contributed by atoms with Gasteiger partial charge in [0, 0.05) is 0 Å². The lowest BCUT2D eigenvalue weighted by Gasteiger charge is -1.99. The molecule has 0 unspecified atom stereocenters. The lowest BCUT2D eigenvalue weighted by atomic mass is 10.1. The fraction of sp³-hybridized carbons (Fsp3) is 0.400. The average molecular weight is 202 g/mol. The third-order valence-electron chi connectivity index (χ3n) is 1.74. The van der Waals surface area contributed by atoms with Crippen molar-refractivity contribution in [3.63, 3.8) is 0 Å². The first-order valence-electron chi connectivity index (χ1n) is 4.37. The molecule has 0 aliphatic heterocycles. The minimum atomic E-state index is 0. The maximum atomic E-state index is 5.13. The van der Waals surface area contributed by atoms with Crippen molar-refractivity contribution in [3.05, 3.63) is 35.9 Å². The minimum Gasteiger partial charge on any atom is -1.00 e. The molecule has 0 spiro atoms. The van der Waals surface area contributed by atoms with E-state index in [4.69, 9.17) is 4.84 Å². The monoisotopic (exact) mass is 201 g/mol. The SMILES string of the molecule is C[NH2+]OCCCc1ccccc1.[Cl-]. The van der Waals surface area contributed by atoms with E-state index in [1.165, 1.54) is 5.56 Å². The topological polar surface area (TPSA) is 25.8 Å². The van der Waals surface area contributed by atoms with Gasteiger partial charge < -0.3 is 12.4 Å². The Morgan fingerprint density at radius 1 is 1.23 bits per heavy atom. The molecule has 0 aromatic heterocycles. The van der Waals surface area contributed by atoms with Crippen LogP contribution in [0.5, 0.6) is 0 Å². The molecule has 2 nitrogen and oxygen atoms in total. The number of hydrogen-bond acceptors (Lipinski definition) is 1. The second-order valence-electron chi connectivity index (χ2n) is 2.70. The minimum absolute atomic E-state index is 0. The fourth-order valence-corrected chi connectivity index (χ4v) is 1.12. The molecule has 0 amide bonds. The van der Waals surface area contributed by atoms with E-state index in [2.05, 4.69) is 24.3 Å². The summed E-state index contributed by atoms with van der Waals surface area (Å²) in [6.07, 6.45) is 2.20. The van der Waals surface area contributed by atoms with Crippen molar-refractivity contribution in [1.82, 2.24) is 0 Å². The average Bonchev–Trinajstić information content (AvgIpc) is 2.14. The van der Waals surface area contributed by atoms with Crippen LogP contribution in [0.2, 0.25) is 0 Å². The molecule has 0 atom stereocenters. The molecule has 13 heavy (non-hydrogen) atoms. The van der Waals surface area contributed by atoms with E-state index in [0.717, 1.165) is 19.4 Å². The predicted molar refractivity (Wildman–Crippen MR) is 48.6 cm³/mol. The molecule has 0 saturated heterocycles. The van der Waals surface area contributed by atoms with Crippen LogP contribution in [0.1, 0.15) is 12.0 Å². The van der Waals surface area contributed by atoms with E-state index in [-0.39, 0.29) is 12.4 Å².